The monoisotopic (exact) mass is 413 g/mol. The van der Waals surface area contributed by atoms with E-state index >= 15 is 0 Å². The van der Waals surface area contributed by atoms with E-state index in [2.05, 4.69) is 15.1 Å². The van der Waals surface area contributed by atoms with Crippen molar-refractivity contribution in [3.05, 3.63) is 59.6 Å². The van der Waals surface area contributed by atoms with Crippen molar-refractivity contribution in [1.29, 1.82) is 0 Å². The van der Waals surface area contributed by atoms with Gasteiger partial charge in [-0.2, -0.15) is 4.98 Å². The molecule has 0 bridgehead atoms. The molecule has 0 atom stereocenters. The fraction of sp³-hybridized carbons (Fsp3) is 0.333. The molecule has 0 N–H and O–H groups in total. The molecule has 1 saturated heterocycles. The van der Waals surface area contributed by atoms with Crippen LogP contribution >= 0.6 is 0 Å². The van der Waals surface area contributed by atoms with E-state index in [0.717, 1.165) is 23.5 Å². The number of hydrogen-bond acceptors (Lipinski definition) is 6. The van der Waals surface area contributed by atoms with E-state index in [1.807, 2.05) is 30.9 Å². The van der Waals surface area contributed by atoms with Crippen molar-refractivity contribution < 1.29 is 18.1 Å². The van der Waals surface area contributed by atoms with E-state index in [9.17, 15) is 13.6 Å². The summed E-state index contributed by atoms with van der Waals surface area (Å²) in [5.41, 5.74) is 0.243. The van der Waals surface area contributed by atoms with Crippen molar-refractivity contribution in [3.8, 4) is 11.4 Å². The van der Waals surface area contributed by atoms with Gasteiger partial charge in [0.05, 0.1) is 0 Å². The predicted octanol–water partition coefficient (Wildman–Crippen LogP) is 3.50. The van der Waals surface area contributed by atoms with Crippen LogP contribution in [0.4, 0.5) is 14.6 Å². The molecule has 9 heteroatoms. The average Bonchev–Trinajstić information content (AvgIpc) is 3.24. The summed E-state index contributed by atoms with van der Waals surface area (Å²) in [6, 6.07) is 7.14. The molecule has 1 aliphatic rings. The quantitative estimate of drug-likeness (QED) is 0.652. The van der Waals surface area contributed by atoms with Gasteiger partial charge in [-0.25, -0.2) is 13.8 Å². The van der Waals surface area contributed by atoms with E-state index in [4.69, 9.17) is 4.52 Å². The van der Waals surface area contributed by atoms with Gasteiger partial charge < -0.3 is 14.3 Å². The third-order valence-electron chi connectivity index (χ3n) is 5.01. The Morgan fingerprint density at radius 3 is 2.33 bits per heavy atom. The van der Waals surface area contributed by atoms with Crippen molar-refractivity contribution in [1.82, 2.24) is 20.0 Å². The minimum absolute atomic E-state index is 0.148. The van der Waals surface area contributed by atoms with Gasteiger partial charge in [0.25, 0.3) is 5.91 Å². The van der Waals surface area contributed by atoms with Crippen LogP contribution in [-0.2, 0) is 0 Å². The van der Waals surface area contributed by atoms with Crippen LogP contribution < -0.4 is 4.90 Å². The van der Waals surface area contributed by atoms with Gasteiger partial charge in [-0.15, -0.1) is 0 Å². The largest absolute Gasteiger partial charge is 0.353 e. The summed E-state index contributed by atoms with van der Waals surface area (Å²) in [4.78, 5) is 24.8. The van der Waals surface area contributed by atoms with Crippen LogP contribution in [0.15, 0.2) is 41.1 Å². The van der Waals surface area contributed by atoms with E-state index < -0.39 is 23.1 Å². The van der Waals surface area contributed by atoms with Crippen molar-refractivity contribution >= 4 is 11.7 Å². The first kappa shape index (κ1) is 19.9. The van der Waals surface area contributed by atoms with Crippen molar-refractivity contribution in [2.45, 2.75) is 19.8 Å². The molecule has 3 aromatic rings. The Hall–Kier alpha value is -3.36. The maximum atomic E-state index is 13.9. The number of carbonyl (C=O) groups is 1. The molecule has 4 rings (SSSR count). The molecule has 2 aromatic heterocycles. The lowest BCUT2D eigenvalue weighted by atomic mass is 10.1. The summed E-state index contributed by atoms with van der Waals surface area (Å²) < 4.78 is 33.0. The number of pyridine rings is 1. The van der Waals surface area contributed by atoms with Crippen LogP contribution in [0.3, 0.4) is 0 Å². The molecule has 7 nitrogen and oxygen atoms in total. The second-order valence-electron chi connectivity index (χ2n) is 7.39. The normalized spacial score (nSPS) is 14.4. The molecule has 1 amide bonds. The maximum Gasteiger partial charge on any atom is 0.259 e. The molecule has 0 unspecified atom stereocenters. The standard InChI is InChI=1S/C21H21F2N5O2/c1-13(2)20-25-19(26-30-20)14-6-7-17(24-12-14)27-8-10-28(11-9-27)21(29)18-15(22)4-3-5-16(18)23/h3-7,12-13H,8-11H2,1-2H3. The van der Waals surface area contributed by atoms with Crippen LogP contribution in [0.1, 0.15) is 36.0 Å². The van der Waals surface area contributed by atoms with Gasteiger partial charge in [0.2, 0.25) is 11.7 Å². The van der Waals surface area contributed by atoms with E-state index in [0.29, 0.717) is 37.9 Å². The molecule has 3 heterocycles. The SMILES string of the molecule is CC(C)c1nc(-c2ccc(N3CCN(C(=O)c4c(F)cccc4F)CC3)nc2)no1. The van der Waals surface area contributed by atoms with E-state index in [1.54, 1.807) is 6.20 Å². The fourth-order valence-corrected chi connectivity index (χ4v) is 3.29. The Morgan fingerprint density at radius 1 is 1.07 bits per heavy atom. The third kappa shape index (κ3) is 3.87. The van der Waals surface area contributed by atoms with Crippen molar-refractivity contribution in [2.75, 3.05) is 31.1 Å². The average molecular weight is 413 g/mol. The Bertz CT molecular complexity index is 1020. The highest BCUT2D eigenvalue weighted by Gasteiger charge is 2.27. The topological polar surface area (TPSA) is 75.4 Å². The minimum atomic E-state index is -0.846. The van der Waals surface area contributed by atoms with E-state index in [-0.39, 0.29) is 5.92 Å². The molecule has 1 aliphatic heterocycles. The number of hydrogen-bond donors (Lipinski definition) is 0. The zero-order valence-corrected chi connectivity index (χ0v) is 16.7. The number of amides is 1. The fourth-order valence-electron chi connectivity index (χ4n) is 3.29. The molecule has 0 radical (unpaired) electrons. The number of nitrogens with zero attached hydrogens (tertiary/aromatic N) is 5. The molecule has 30 heavy (non-hydrogen) atoms. The van der Waals surface area contributed by atoms with Crippen LogP contribution in [0.5, 0.6) is 0 Å². The highest BCUT2D eigenvalue weighted by Crippen LogP contribution is 2.22. The lowest BCUT2D eigenvalue weighted by molar-refractivity contribution is 0.0736. The third-order valence-corrected chi connectivity index (χ3v) is 5.01. The molecule has 0 spiro atoms. The summed E-state index contributed by atoms with van der Waals surface area (Å²) in [5, 5.41) is 3.98. The van der Waals surface area contributed by atoms with E-state index in [1.165, 1.54) is 11.0 Å². The lowest BCUT2D eigenvalue weighted by Crippen LogP contribution is -2.49. The second kappa shape index (κ2) is 8.17. The molecular formula is C21H21F2N5O2. The van der Waals surface area contributed by atoms with Crippen molar-refractivity contribution in [3.63, 3.8) is 0 Å². The number of halogens is 2. The Morgan fingerprint density at radius 2 is 1.77 bits per heavy atom. The first-order valence-electron chi connectivity index (χ1n) is 9.72. The minimum Gasteiger partial charge on any atom is -0.353 e. The summed E-state index contributed by atoms with van der Waals surface area (Å²) in [7, 11) is 0. The summed E-state index contributed by atoms with van der Waals surface area (Å²) >= 11 is 0. The van der Waals surface area contributed by atoms with Gasteiger partial charge >= 0.3 is 0 Å². The molecule has 0 aliphatic carbocycles. The van der Waals surface area contributed by atoms with Crippen LogP contribution in [0, 0.1) is 11.6 Å². The van der Waals surface area contributed by atoms with Gasteiger partial charge in [0, 0.05) is 43.9 Å². The molecule has 1 aromatic carbocycles. The van der Waals surface area contributed by atoms with Gasteiger partial charge in [-0.3, -0.25) is 4.79 Å². The summed E-state index contributed by atoms with van der Waals surface area (Å²) in [5.74, 6) is -0.373. The predicted molar refractivity (Wildman–Crippen MR) is 106 cm³/mol. The zero-order valence-electron chi connectivity index (χ0n) is 16.7. The first-order valence-corrected chi connectivity index (χ1v) is 9.72. The van der Waals surface area contributed by atoms with Gasteiger partial charge in [0.1, 0.15) is 23.0 Å². The van der Waals surface area contributed by atoms with Gasteiger partial charge in [-0.1, -0.05) is 25.1 Å². The Balaban J connectivity index is 1.41. The first-order chi connectivity index (χ1) is 14.4. The molecule has 156 valence electrons. The highest BCUT2D eigenvalue weighted by molar-refractivity contribution is 5.95. The highest BCUT2D eigenvalue weighted by atomic mass is 19.1. The van der Waals surface area contributed by atoms with Crippen LogP contribution in [0.25, 0.3) is 11.4 Å². The number of anilines is 1. The van der Waals surface area contributed by atoms with Gasteiger partial charge in [0.15, 0.2) is 0 Å². The Labute approximate surface area is 172 Å². The lowest BCUT2D eigenvalue weighted by Gasteiger charge is -2.35. The smallest absolute Gasteiger partial charge is 0.259 e. The molecule has 0 saturated carbocycles. The number of benzene rings is 1. The zero-order chi connectivity index (χ0) is 21.3. The summed E-state index contributed by atoms with van der Waals surface area (Å²) in [6.45, 7) is 5.66. The number of piperazine rings is 1. The van der Waals surface area contributed by atoms with Crippen LogP contribution in [-0.4, -0.2) is 52.1 Å². The summed E-state index contributed by atoms with van der Waals surface area (Å²) in [6.07, 6.45) is 1.68. The number of rotatable bonds is 4. The second-order valence-corrected chi connectivity index (χ2v) is 7.39. The maximum absolute atomic E-state index is 13.9. The van der Waals surface area contributed by atoms with Crippen LogP contribution in [0.2, 0.25) is 0 Å². The molecule has 1 fully saturated rings. The number of carbonyl (C=O) groups excluding carboxylic acids is 1. The number of aromatic nitrogens is 3. The van der Waals surface area contributed by atoms with Crippen molar-refractivity contribution in [2.24, 2.45) is 0 Å². The molecular weight excluding hydrogens is 392 g/mol. The van der Waals surface area contributed by atoms with Gasteiger partial charge in [-0.05, 0) is 24.3 Å². The Kier molecular flexibility index (Phi) is 5.43.